The SMILES string of the molecule is COc1ccc(C2=NN3[C@H](C2)c2cc(Br)ccc2OC32CCN(C)CC2)cc1OC. The molecule has 30 heavy (non-hydrogen) atoms. The maximum atomic E-state index is 6.67. The highest BCUT2D eigenvalue weighted by Crippen LogP contribution is 2.50. The smallest absolute Gasteiger partial charge is 0.200 e. The molecule has 5 rings (SSSR count). The van der Waals surface area contributed by atoms with Gasteiger partial charge in [-0.15, -0.1) is 0 Å². The molecule has 0 saturated carbocycles. The molecule has 0 aliphatic carbocycles. The highest BCUT2D eigenvalue weighted by atomic mass is 79.9. The van der Waals surface area contributed by atoms with Gasteiger partial charge in [-0.05, 0) is 43.4 Å². The molecule has 3 heterocycles. The first-order valence-corrected chi connectivity index (χ1v) is 11.1. The van der Waals surface area contributed by atoms with Crippen molar-refractivity contribution in [2.75, 3.05) is 34.4 Å². The second-order valence-corrected chi connectivity index (χ2v) is 9.13. The molecule has 0 aromatic heterocycles. The first-order valence-electron chi connectivity index (χ1n) is 10.3. The lowest BCUT2D eigenvalue weighted by Gasteiger charge is -2.50. The lowest BCUT2D eigenvalue weighted by atomic mass is 9.91. The van der Waals surface area contributed by atoms with E-state index in [-0.39, 0.29) is 6.04 Å². The standard InChI is InChI=1S/C23H26BrN3O3/c1-26-10-8-23(9-11-26)27-19(17-13-16(24)5-7-20(17)30-23)14-18(25-27)15-4-6-21(28-2)22(12-15)29-3/h4-7,12-13,19H,8-11,14H2,1-3H3/t19-/m1/s1. The molecule has 3 aliphatic rings. The summed E-state index contributed by atoms with van der Waals surface area (Å²) in [6.45, 7) is 1.99. The van der Waals surface area contributed by atoms with Gasteiger partial charge in [-0.2, -0.15) is 5.10 Å². The number of methoxy groups -OCH3 is 2. The number of halogens is 1. The minimum Gasteiger partial charge on any atom is -0.493 e. The Morgan fingerprint density at radius 1 is 1.07 bits per heavy atom. The number of nitrogens with zero attached hydrogens (tertiary/aromatic N) is 3. The van der Waals surface area contributed by atoms with Crippen LogP contribution < -0.4 is 14.2 Å². The molecule has 2 aromatic carbocycles. The quantitative estimate of drug-likeness (QED) is 0.662. The molecule has 158 valence electrons. The zero-order chi connectivity index (χ0) is 20.9. The van der Waals surface area contributed by atoms with Crippen LogP contribution >= 0.6 is 15.9 Å². The number of benzene rings is 2. The summed E-state index contributed by atoms with van der Waals surface area (Å²) >= 11 is 3.63. The maximum Gasteiger partial charge on any atom is 0.200 e. The Bertz CT molecular complexity index is 1000. The van der Waals surface area contributed by atoms with Crippen molar-refractivity contribution in [1.82, 2.24) is 9.91 Å². The van der Waals surface area contributed by atoms with Crippen LogP contribution in [0.15, 0.2) is 46.0 Å². The van der Waals surface area contributed by atoms with Gasteiger partial charge in [-0.25, -0.2) is 5.01 Å². The minimum atomic E-state index is -0.393. The molecule has 7 heteroatoms. The van der Waals surface area contributed by atoms with Crippen molar-refractivity contribution in [2.24, 2.45) is 5.10 Å². The van der Waals surface area contributed by atoms with Crippen LogP contribution in [0.5, 0.6) is 17.2 Å². The number of hydrogen-bond donors (Lipinski definition) is 0. The van der Waals surface area contributed by atoms with E-state index in [1.165, 1.54) is 5.56 Å². The molecule has 1 saturated heterocycles. The van der Waals surface area contributed by atoms with E-state index in [4.69, 9.17) is 19.3 Å². The number of ether oxygens (including phenoxy) is 3. The van der Waals surface area contributed by atoms with Crippen molar-refractivity contribution in [3.8, 4) is 17.2 Å². The highest BCUT2D eigenvalue weighted by molar-refractivity contribution is 9.10. The zero-order valence-corrected chi connectivity index (χ0v) is 19.1. The van der Waals surface area contributed by atoms with Crippen LogP contribution in [0.3, 0.4) is 0 Å². The van der Waals surface area contributed by atoms with Crippen LogP contribution in [0.4, 0.5) is 0 Å². The molecule has 0 N–H and O–H groups in total. The summed E-state index contributed by atoms with van der Waals surface area (Å²) < 4.78 is 18.7. The van der Waals surface area contributed by atoms with Gasteiger partial charge in [-0.3, -0.25) is 0 Å². The van der Waals surface area contributed by atoms with E-state index in [0.29, 0.717) is 0 Å². The second kappa shape index (κ2) is 7.46. The summed E-state index contributed by atoms with van der Waals surface area (Å²) in [5.74, 6) is 2.42. The van der Waals surface area contributed by atoms with Crippen molar-refractivity contribution in [1.29, 1.82) is 0 Å². The van der Waals surface area contributed by atoms with Crippen LogP contribution in [-0.2, 0) is 0 Å². The predicted molar refractivity (Wildman–Crippen MR) is 120 cm³/mol. The highest BCUT2D eigenvalue weighted by Gasteiger charge is 2.51. The molecule has 1 atom stereocenters. The van der Waals surface area contributed by atoms with Crippen molar-refractivity contribution in [3.63, 3.8) is 0 Å². The van der Waals surface area contributed by atoms with Crippen LogP contribution in [0.1, 0.15) is 36.4 Å². The fourth-order valence-corrected chi connectivity index (χ4v) is 5.12. The van der Waals surface area contributed by atoms with Gasteiger partial charge >= 0.3 is 0 Å². The minimum absolute atomic E-state index is 0.165. The Morgan fingerprint density at radius 3 is 2.57 bits per heavy atom. The molecule has 2 aromatic rings. The van der Waals surface area contributed by atoms with Crippen LogP contribution in [0.2, 0.25) is 0 Å². The molecular weight excluding hydrogens is 446 g/mol. The Hall–Kier alpha value is -2.25. The third-order valence-corrected chi connectivity index (χ3v) is 6.94. The molecule has 0 unspecified atom stereocenters. The van der Waals surface area contributed by atoms with E-state index in [1.807, 2.05) is 12.1 Å². The van der Waals surface area contributed by atoms with Gasteiger partial charge < -0.3 is 19.1 Å². The summed E-state index contributed by atoms with van der Waals surface area (Å²) in [5, 5.41) is 7.37. The summed E-state index contributed by atoms with van der Waals surface area (Å²) in [5.41, 5.74) is 2.90. The van der Waals surface area contributed by atoms with Gasteiger partial charge in [0.2, 0.25) is 5.72 Å². The predicted octanol–water partition coefficient (Wildman–Crippen LogP) is 4.43. The Balaban J connectivity index is 1.57. The Kier molecular flexibility index (Phi) is 4.90. The van der Waals surface area contributed by atoms with Crippen molar-refractivity contribution >= 4 is 21.6 Å². The average molecular weight is 472 g/mol. The van der Waals surface area contributed by atoms with Gasteiger partial charge in [0, 0.05) is 48.0 Å². The van der Waals surface area contributed by atoms with Gasteiger partial charge in [0.05, 0.1) is 26.0 Å². The van der Waals surface area contributed by atoms with Gasteiger partial charge in [0.1, 0.15) is 5.75 Å². The van der Waals surface area contributed by atoms with Crippen molar-refractivity contribution in [2.45, 2.75) is 31.0 Å². The zero-order valence-electron chi connectivity index (χ0n) is 17.5. The first-order chi connectivity index (χ1) is 14.5. The lowest BCUT2D eigenvalue weighted by Crippen LogP contribution is -2.58. The third kappa shape index (κ3) is 3.15. The molecule has 3 aliphatic heterocycles. The molecule has 1 fully saturated rings. The van der Waals surface area contributed by atoms with Gasteiger partial charge in [-0.1, -0.05) is 15.9 Å². The monoisotopic (exact) mass is 471 g/mol. The second-order valence-electron chi connectivity index (χ2n) is 8.21. The van der Waals surface area contributed by atoms with E-state index >= 15 is 0 Å². The Labute approximate surface area is 185 Å². The lowest BCUT2D eigenvalue weighted by molar-refractivity contribution is -0.147. The normalized spacial score (nSPS) is 22.2. The van der Waals surface area contributed by atoms with Gasteiger partial charge in [0.15, 0.2) is 11.5 Å². The number of hydrogen-bond acceptors (Lipinski definition) is 6. The average Bonchev–Trinajstić information content (AvgIpc) is 3.23. The number of likely N-dealkylation sites (tertiary alicyclic amines) is 1. The van der Waals surface area contributed by atoms with Gasteiger partial charge in [0.25, 0.3) is 0 Å². The fourth-order valence-electron chi connectivity index (χ4n) is 4.74. The first kappa shape index (κ1) is 19.7. The fraction of sp³-hybridized carbons (Fsp3) is 0.435. The third-order valence-electron chi connectivity index (χ3n) is 6.44. The molecule has 0 amide bonds. The number of hydrazone groups is 1. The van der Waals surface area contributed by atoms with E-state index in [0.717, 1.165) is 65.3 Å². The molecule has 6 nitrogen and oxygen atoms in total. The van der Waals surface area contributed by atoms with Crippen LogP contribution in [0, 0.1) is 0 Å². The van der Waals surface area contributed by atoms with E-state index in [1.54, 1.807) is 14.2 Å². The number of piperidine rings is 1. The van der Waals surface area contributed by atoms with Crippen molar-refractivity contribution < 1.29 is 14.2 Å². The topological polar surface area (TPSA) is 46.5 Å². The van der Waals surface area contributed by atoms with Crippen molar-refractivity contribution in [3.05, 3.63) is 52.0 Å². The van der Waals surface area contributed by atoms with Crippen LogP contribution in [0.25, 0.3) is 0 Å². The summed E-state index contributed by atoms with van der Waals surface area (Å²) in [6, 6.07) is 12.5. The summed E-state index contributed by atoms with van der Waals surface area (Å²) in [6.07, 6.45) is 2.69. The van der Waals surface area contributed by atoms with Crippen LogP contribution in [-0.4, -0.2) is 55.7 Å². The molecular formula is C23H26BrN3O3. The molecule has 1 spiro atoms. The largest absolute Gasteiger partial charge is 0.493 e. The van der Waals surface area contributed by atoms with E-state index in [9.17, 15) is 0 Å². The number of fused-ring (bicyclic) bond motifs is 4. The maximum absolute atomic E-state index is 6.67. The van der Waals surface area contributed by atoms with E-state index in [2.05, 4.69) is 57.2 Å². The summed E-state index contributed by atoms with van der Waals surface area (Å²) in [7, 11) is 5.48. The Morgan fingerprint density at radius 2 is 1.83 bits per heavy atom. The molecule has 0 bridgehead atoms. The summed E-state index contributed by atoms with van der Waals surface area (Å²) in [4.78, 5) is 2.36. The van der Waals surface area contributed by atoms with E-state index < -0.39 is 5.72 Å². The molecule has 0 radical (unpaired) electrons. The number of rotatable bonds is 3.